The molecule has 0 radical (unpaired) electrons. The first-order chi connectivity index (χ1) is 9.48. The zero-order valence-corrected chi connectivity index (χ0v) is 14.3. The van der Waals surface area contributed by atoms with Gasteiger partial charge in [-0.25, -0.2) is 0 Å². The number of rotatable bonds is 2. The number of hydrogen-bond acceptors (Lipinski definition) is 4. The van der Waals surface area contributed by atoms with Crippen LogP contribution in [0.1, 0.15) is 33.1 Å². The van der Waals surface area contributed by atoms with Gasteiger partial charge in [-0.1, -0.05) is 0 Å². The predicted molar refractivity (Wildman–Crippen MR) is 83.9 cm³/mol. The van der Waals surface area contributed by atoms with Gasteiger partial charge in [0.25, 0.3) is 10.2 Å². The Balaban J connectivity index is 0.00000161. The van der Waals surface area contributed by atoms with Crippen molar-refractivity contribution < 1.29 is 13.2 Å². The van der Waals surface area contributed by atoms with Gasteiger partial charge in [-0.05, 0) is 39.7 Å². The smallest absolute Gasteiger partial charge is 0.282 e. The van der Waals surface area contributed by atoms with Gasteiger partial charge >= 0.3 is 0 Å². The average molecular weight is 340 g/mol. The molecule has 3 heterocycles. The summed E-state index contributed by atoms with van der Waals surface area (Å²) < 4.78 is 35.1. The highest BCUT2D eigenvalue weighted by Gasteiger charge is 2.46. The maximum Gasteiger partial charge on any atom is 0.282 e. The second kappa shape index (κ2) is 6.68. The molecule has 0 aromatic rings. The summed E-state index contributed by atoms with van der Waals surface area (Å²) in [6.07, 6.45) is 2.84. The van der Waals surface area contributed by atoms with E-state index in [1.807, 2.05) is 13.8 Å². The van der Waals surface area contributed by atoms with E-state index >= 15 is 0 Å². The third-order valence-electron chi connectivity index (χ3n) is 4.57. The molecule has 3 aliphatic rings. The average Bonchev–Trinajstić information content (AvgIpc) is 2.62. The summed E-state index contributed by atoms with van der Waals surface area (Å²) in [5, 5.41) is 3.35. The van der Waals surface area contributed by atoms with Gasteiger partial charge in [0, 0.05) is 31.7 Å². The highest BCUT2D eigenvalue weighted by atomic mass is 35.5. The number of halogens is 1. The molecule has 6 nitrogen and oxygen atoms in total. The van der Waals surface area contributed by atoms with Crippen molar-refractivity contribution in [2.45, 2.75) is 57.4 Å². The number of hydrogen-bond donors (Lipinski definition) is 1. The highest BCUT2D eigenvalue weighted by Crippen LogP contribution is 2.33. The largest absolute Gasteiger partial charge is 0.373 e. The minimum absolute atomic E-state index is 0. The van der Waals surface area contributed by atoms with E-state index in [2.05, 4.69) is 5.32 Å². The molecule has 3 fully saturated rings. The van der Waals surface area contributed by atoms with Crippen molar-refractivity contribution in [1.82, 2.24) is 13.9 Å². The lowest BCUT2D eigenvalue weighted by molar-refractivity contribution is -0.0458. The number of nitrogens with one attached hydrogen (secondary N) is 1. The Bertz CT molecular complexity index is 438. The van der Waals surface area contributed by atoms with Crippen molar-refractivity contribution in [1.29, 1.82) is 0 Å². The first-order valence-corrected chi connectivity index (χ1v) is 9.03. The fourth-order valence-corrected chi connectivity index (χ4v) is 5.98. The summed E-state index contributed by atoms with van der Waals surface area (Å²) in [6.45, 7) is 6.52. The van der Waals surface area contributed by atoms with Crippen molar-refractivity contribution in [2.24, 2.45) is 0 Å². The van der Waals surface area contributed by atoms with Crippen LogP contribution in [0.3, 0.4) is 0 Å². The maximum atomic E-state index is 13.0. The Morgan fingerprint density at radius 3 is 2.33 bits per heavy atom. The van der Waals surface area contributed by atoms with E-state index in [9.17, 15) is 8.42 Å². The van der Waals surface area contributed by atoms with Crippen LogP contribution in [-0.4, -0.2) is 67.5 Å². The molecule has 3 aliphatic heterocycles. The maximum absolute atomic E-state index is 13.0. The van der Waals surface area contributed by atoms with E-state index in [1.54, 1.807) is 8.61 Å². The van der Waals surface area contributed by atoms with Crippen molar-refractivity contribution in [3.8, 4) is 0 Å². The summed E-state index contributed by atoms with van der Waals surface area (Å²) in [4.78, 5) is 0. The number of ether oxygens (including phenoxy) is 1. The van der Waals surface area contributed by atoms with E-state index in [1.165, 1.54) is 0 Å². The monoisotopic (exact) mass is 339 g/mol. The fourth-order valence-electron chi connectivity index (χ4n) is 3.77. The molecule has 2 bridgehead atoms. The molecule has 0 spiro atoms. The molecular formula is C13H26ClN3O3S. The molecule has 0 aromatic heterocycles. The zero-order valence-electron chi connectivity index (χ0n) is 12.7. The zero-order chi connectivity index (χ0) is 14.3. The minimum atomic E-state index is -3.36. The third-order valence-corrected chi connectivity index (χ3v) is 6.65. The van der Waals surface area contributed by atoms with Crippen molar-refractivity contribution >= 4 is 22.6 Å². The standard InChI is InChI=1S/C13H25N3O3S.ClH/c1-10-8-15(9-11(2)19-10)20(17,18)16-12-3-4-13(16)7-14-6-5-12;/h10-14H,3-9H2,1-2H3;1H. The summed E-state index contributed by atoms with van der Waals surface area (Å²) in [5.41, 5.74) is 0. The van der Waals surface area contributed by atoms with Crippen LogP contribution in [0, 0.1) is 0 Å². The molecule has 4 unspecified atom stereocenters. The molecule has 0 aliphatic carbocycles. The van der Waals surface area contributed by atoms with Gasteiger partial charge in [0.05, 0.1) is 12.2 Å². The van der Waals surface area contributed by atoms with Crippen LogP contribution >= 0.6 is 12.4 Å². The van der Waals surface area contributed by atoms with Crippen molar-refractivity contribution in [2.75, 3.05) is 26.2 Å². The summed E-state index contributed by atoms with van der Waals surface area (Å²) >= 11 is 0. The highest BCUT2D eigenvalue weighted by molar-refractivity contribution is 7.86. The van der Waals surface area contributed by atoms with E-state index in [0.29, 0.717) is 13.1 Å². The molecular weight excluding hydrogens is 314 g/mol. The third kappa shape index (κ3) is 3.38. The molecule has 0 amide bonds. The lowest BCUT2D eigenvalue weighted by Gasteiger charge is -2.39. The second-order valence-corrected chi connectivity index (χ2v) is 8.12. The molecule has 4 atom stereocenters. The number of morpholine rings is 1. The quantitative estimate of drug-likeness (QED) is 0.800. The van der Waals surface area contributed by atoms with Crippen LogP contribution < -0.4 is 5.32 Å². The molecule has 0 saturated carbocycles. The number of nitrogens with zero attached hydrogens (tertiary/aromatic N) is 2. The van der Waals surface area contributed by atoms with Crippen LogP contribution in [0.2, 0.25) is 0 Å². The van der Waals surface area contributed by atoms with E-state index in [4.69, 9.17) is 4.74 Å². The van der Waals surface area contributed by atoms with Crippen molar-refractivity contribution in [3.63, 3.8) is 0 Å². The van der Waals surface area contributed by atoms with E-state index < -0.39 is 10.2 Å². The van der Waals surface area contributed by atoms with E-state index in [-0.39, 0.29) is 36.7 Å². The molecule has 3 rings (SSSR count). The lowest BCUT2D eigenvalue weighted by atomic mass is 10.1. The van der Waals surface area contributed by atoms with Crippen LogP contribution in [0.15, 0.2) is 0 Å². The van der Waals surface area contributed by atoms with Gasteiger partial charge in [0.1, 0.15) is 0 Å². The van der Waals surface area contributed by atoms with Crippen LogP contribution in [-0.2, 0) is 14.9 Å². The van der Waals surface area contributed by atoms with Gasteiger partial charge in [-0.3, -0.25) is 0 Å². The van der Waals surface area contributed by atoms with Crippen LogP contribution in [0.4, 0.5) is 0 Å². The Kier molecular flexibility index (Phi) is 5.55. The Hall–Kier alpha value is 0.0800. The molecule has 8 heteroatoms. The SMILES string of the molecule is CC1CN(S(=O)(=O)N2C3CCNCC2CC3)CC(C)O1.Cl. The summed E-state index contributed by atoms with van der Waals surface area (Å²) in [6, 6.07) is 0.300. The summed E-state index contributed by atoms with van der Waals surface area (Å²) in [5.74, 6) is 0. The van der Waals surface area contributed by atoms with Gasteiger partial charge in [0.2, 0.25) is 0 Å². The Labute approximate surface area is 133 Å². The van der Waals surface area contributed by atoms with Gasteiger partial charge in [0.15, 0.2) is 0 Å². The van der Waals surface area contributed by atoms with Crippen LogP contribution in [0.25, 0.3) is 0 Å². The van der Waals surface area contributed by atoms with E-state index in [0.717, 1.165) is 32.4 Å². The molecule has 3 saturated heterocycles. The Morgan fingerprint density at radius 2 is 1.67 bits per heavy atom. The normalized spacial score (nSPS) is 38.8. The first kappa shape index (κ1) is 17.4. The number of fused-ring (bicyclic) bond motifs is 2. The van der Waals surface area contributed by atoms with Crippen LogP contribution in [0.5, 0.6) is 0 Å². The molecule has 0 aromatic carbocycles. The van der Waals surface area contributed by atoms with Gasteiger partial charge < -0.3 is 10.1 Å². The van der Waals surface area contributed by atoms with Gasteiger partial charge in [-0.2, -0.15) is 17.0 Å². The second-order valence-electron chi connectivity index (χ2n) is 6.29. The molecule has 21 heavy (non-hydrogen) atoms. The lowest BCUT2D eigenvalue weighted by Crippen LogP contribution is -2.55. The van der Waals surface area contributed by atoms with Gasteiger partial charge in [-0.15, -0.1) is 12.4 Å². The topological polar surface area (TPSA) is 61.9 Å². The fraction of sp³-hybridized carbons (Fsp3) is 1.00. The summed E-state index contributed by atoms with van der Waals surface area (Å²) in [7, 11) is -3.36. The van der Waals surface area contributed by atoms with Crippen molar-refractivity contribution in [3.05, 3.63) is 0 Å². The molecule has 1 N–H and O–H groups in total. The Morgan fingerprint density at radius 1 is 1.05 bits per heavy atom. The first-order valence-electron chi connectivity index (χ1n) is 7.63. The minimum Gasteiger partial charge on any atom is -0.373 e. The molecule has 124 valence electrons. The predicted octanol–water partition coefficient (Wildman–Crippen LogP) is 0.589.